The molecule has 1 aliphatic carbocycles. The highest BCUT2D eigenvalue weighted by Gasteiger charge is 2.41. The Hall–Kier alpha value is -2.21. The number of nitrogens with zero attached hydrogens (tertiary/aromatic N) is 1. The first-order chi connectivity index (χ1) is 11.5. The number of benzene rings is 1. The average Bonchev–Trinajstić information content (AvgIpc) is 3.02. The highest BCUT2D eigenvalue weighted by Crippen LogP contribution is 2.29. The van der Waals surface area contributed by atoms with E-state index in [1.165, 1.54) is 0 Å². The minimum absolute atomic E-state index is 0.340. The quantitative estimate of drug-likeness (QED) is 0.887. The largest absolute Gasteiger partial charge is 0.480 e. The molecule has 0 bridgehead atoms. The van der Waals surface area contributed by atoms with E-state index in [0.29, 0.717) is 18.4 Å². The number of carboxylic acid groups (broad SMARTS) is 1. The van der Waals surface area contributed by atoms with Gasteiger partial charge in [0, 0.05) is 16.5 Å². The number of hydrogen-bond acceptors (Lipinski definition) is 4. The molecule has 0 atom stereocenters. The van der Waals surface area contributed by atoms with E-state index in [4.69, 9.17) is 0 Å². The van der Waals surface area contributed by atoms with Gasteiger partial charge < -0.3 is 10.4 Å². The number of hydrogen-bond donors (Lipinski definition) is 2. The van der Waals surface area contributed by atoms with Crippen LogP contribution in [-0.2, 0) is 4.79 Å². The molecule has 5 nitrogen and oxygen atoms in total. The zero-order valence-electron chi connectivity index (χ0n) is 13.5. The second kappa shape index (κ2) is 6.73. The van der Waals surface area contributed by atoms with Gasteiger partial charge in [-0.2, -0.15) is 0 Å². The Labute approximate surface area is 144 Å². The molecule has 0 unspecified atom stereocenters. The molecule has 1 fully saturated rings. The Balaban J connectivity index is 1.83. The molecule has 1 aromatic heterocycles. The van der Waals surface area contributed by atoms with Crippen molar-refractivity contribution in [2.75, 3.05) is 0 Å². The molecule has 0 aliphatic heterocycles. The number of aliphatic carboxylic acids is 1. The fourth-order valence-electron chi connectivity index (χ4n) is 3.15. The third-order valence-electron chi connectivity index (χ3n) is 4.51. The summed E-state index contributed by atoms with van der Waals surface area (Å²) in [4.78, 5) is 28.8. The molecule has 1 saturated carbocycles. The van der Waals surface area contributed by atoms with Crippen molar-refractivity contribution in [1.29, 1.82) is 0 Å². The van der Waals surface area contributed by atoms with E-state index < -0.39 is 11.5 Å². The summed E-state index contributed by atoms with van der Waals surface area (Å²) in [5.74, 6) is -1.28. The van der Waals surface area contributed by atoms with Crippen LogP contribution in [0, 0.1) is 6.92 Å². The molecule has 3 rings (SSSR count). The van der Waals surface area contributed by atoms with Crippen LogP contribution < -0.4 is 5.32 Å². The van der Waals surface area contributed by atoms with Crippen LogP contribution in [-0.4, -0.2) is 27.5 Å². The van der Waals surface area contributed by atoms with Crippen molar-refractivity contribution in [1.82, 2.24) is 10.3 Å². The van der Waals surface area contributed by atoms with Gasteiger partial charge in [0.15, 0.2) is 0 Å². The Bertz CT molecular complexity index is 763. The Morgan fingerprint density at radius 3 is 2.62 bits per heavy atom. The second-order valence-corrected chi connectivity index (χ2v) is 7.30. The summed E-state index contributed by atoms with van der Waals surface area (Å²) in [6.07, 6.45) is 3.64. The molecule has 1 aromatic carbocycles. The molecule has 1 amide bonds. The molecule has 2 aromatic rings. The second-order valence-electron chi connectivity index (χ2n) is 6.23. The number of aromatic nitrogens is 1. The van der Waals surface area contributed by atoms with Gasteiger partial charge in [-0.05, 0) is 31.9 Å². The van der Waals surface area contributed by atoms with Crippen LogP contribution in [0.2, 0.25) is 0 Å². The Morgan fingerprint density at radius 1 is 1.25 bits per heavy atom. The van der Waals surface area contributed by atoms with Crippen molar-refractivity contribution in [3.63, 3.8) is 0 Å². The number of thiazole rings is 1. The predicted octanol–water partition coefficient (Wildman–Crippen LogP) is 3.64. The predicted molar refractivity (Wildman–Crippen MR) is 93.2 cm³/mol. The monoisotopic (exact) mass is 344 g/mol. The molecular formula is C18H20N2O3S. The number of nitrogens with one attached hydrogen (secondary N) is 1. The first-order valence-corrected chi connectivity index (χ1v) is 8.97. The smallest absolute Gasteiger partial charge is 0.329 e. The Kier molecular flexibility index (Phi) is 4.66. The van der Waals surface area contributed by atoms with Gasteiger partial charge in [0.25, 0.3) is 5.91 Å². The molecule has 0 radical (unpaired) electrons. The van der Waals surface area contributed by atoms with Gasteiger partial charge in [-0.25, -0.2) is 9.78 Å². The van der Waals surface area contributed by atoms with Crippen molar-refractivity contribution in [3.05, 3.63) is 40.2 Å². The van der Waals surface area contributed by atoms with Gasteiger partial charge in [-0.1, -0.05) is 31.4 Å². The van der Waals surface area contributed by atoms with Crippen LogP contribution in [0.4, 0.5) is 0 Å². The maximum Gasteiger partial charge on any atom is 0.329 e. The van der Waals surface area contributed by atoms with Crippen molar-refractivity contribution in [2.45, 2.75) is 44.6 Å². The Morgan fingerprint density at radius 2 is 2.00 bits per heavy atom. The molecule has 1 aliphatic rings. The van der Waals surface area contributed by atoms with Gasteiger partial charge in [0.1, 0.15) is 5.54 Å². The van der Waals surface area contributed by atoms with Gasteiger partial charge >= 0.3 is 5.97 Å². The summed E-state index contributed by atoms with van der Waals surface area (Å²) < 4.78 is 0. The SMILES string of the molecule is Cc1nc(-c2cccc(C(=O)NC3(C(=O)O)CCCCC3)c2)cs1. The molecule has 0 spiro atoms. The maximum absolute atomic E-state index is 12.6. The first-order valence-electron chi connectivity index (χ1n) is 8.09. The molecular weight excluding hydrogens is 324 g/mol. The first kappa shape index (κ1) is 16.6. The van der Waals surface area contributed by atoms with E-state index in [9.17, 15) is 14.7 Å². The lowest BCUT2D eigenvalue weighted by Crippen LogP contribution is -2.55. The van der Waals surface area contributed by atoms with Crippen molar-refractivity contribution >= 4 is 23.2 Å². The highest BCUT2D eigenvalue weighted by molar-refractivity contribution is 7.09. The lowest BCUT2D eigenvalue weighted by molar-refractivity contribution is -0.145. The number of amides is 1. The van der Waals surface area contributed by atoms with E-state index in [2.05, 4.69) is 10.3 Å². The molecule has 24 heavy (non-hydrogen) atoms. The number of carboxylic acids is 1. The molecule has 126 valence electrons. The average molecular weight is 344 g/mol. The molecule has 6 heteroatoms. The van der Waals surface area contributed by atoms with Gasteiger partial charge in [-0.15, -0.1) is 11.3 Å². The van der Waals surface area contributed by atoms with Gasteiger partial charge in [-0.3, -0.25) is 4.79 Å². The maximum atomic E-state index is 12.6. The van der Waals surface area contributed by atoms with E-state index in [0.717, 1.165) is 35.5 Å². The number of carbonyl (C=O) groups excluding carboxylic acids is 1. The minimum Gasteiger partial charge on any atom is -0.480 e. The number of aryl methyl sites for hydroxylation is 1. The van der Waals surface area contributed by atoms with E-state index in [1.807, 2.05) is 18.4 Å². The van der Waals surface area contributed by atoms with E-state index >= 15 is 0 Å². The summed E-state index contributed by atoms with van der Waals surface area (Å²) in [7, 11) is 0. The normalized spacial score (nSPS) is 16.5. The third kappa shape index (κ3) is 3.33. The van der Waals surface area contributed by atoms with Crippen LogP contribution in [0.1, 0.15) is 47.5 Å². The van der Waals surface area contributed by atoms with Gasteiger partial charge in [0.2, 0.25) is 0 Å². The summed E-state index contributed by atoms with van der Waals surface area (Å²) >= 11 is 1.56. The summed E-state index contributed by atoms with van der Waals surface area (Å²) in [6, 6.07) is 7.17. The summed E-state index contributed by atoms with van der Waals surface area (Å²) in [5, 5.41) is 15.3. The van der Waals surface area contributed by atoms with Gasteiger partial charge in [0.05, 0.1) is 10.7 Å². The zero-order chi connectivity index (χ0) is 17.2. The number of rotatable bonds is 4. The van der Waals surface area contributed by atoms with E-state index in [1.54, 1.807) is 29.5 Å². The summed E-state index contributed by atoms with van der Waals surface area (Å²) in [5.41, 5.74) is 1.02. The van der Waals surface area contributed by atoms with Crippen molar-refractivity contribution in [3.8, 4) is 11.3 Å². The highest BCUT2D eigenvalue weighted by atomic mass is 32.1. The minimum atomic E-state index is -1.14. The summed E-state index contributed by atoms with van der Waals surface area (Å²) in [6.45, 7) is 1.93. The zero-order valence-corrected chi connectivity index (χ0v) is 14.4. The number of carbonyl (C=O) groups is 2. The standard InChI is InChI=1S/C18H20N2O3S/c1-12-19-15(11-24-12)13-6-5-7-14(10-13)16(21)20-18(17(22)23)8-3-2-4-9-18/h5-7,10-11H,2-4,8-9H2,1H3,(H,20,21)(H,22,23). The molecule has 2 N–H and O–H groups in total. The van der Waals surface area contributed by atoms with E-state index in [-0.39, 0.29) is 5.91 Å². The third-order valence-corrected chi connectivity index (χ3v) is 5.28. The van der Waals surface area contributed by atoms with Crippen LogP contribution >= 0.6 is 11.3 Å². The molecule has 1 heterocycles. The van der Waals surface area contributed by atoms with Crippen molar-refractivity contribution in [2.24, 2.45) is 0 Å². The van der Waals surface area contributed by atoms with Crippen LogP contribution in [0.3, 0.4) is 0 Å². The van der Waals surface area contributed by atoms with Crippen LogP contribution in [0.25, 0.3) is 11.3 Å². The lowest BCUT2D eigenvalue weighted by atomic mass is 9.81. The fraction of sp³-hybridized carbons (Fsp3) is 0.389. The topological polar surface area (TPSA) is 79.3 Å². The fourth-order valence-corrected chi connectivity index (χ4v) is 3.77. The molecule has 0 saturated heterocycles. The van der Waals surface area contributed by atoms with Crippen molar-refractivity contribution < 1.29 is 14.7 Å². The van der Waals surface area contributed by atoms with Crippen LogP contribution in [0.15, 0.2) is 29.6 Å². The van der Waals surface area contributed by atoms with Crippen LogP contribution in [0.5, 0.6) is 0 Å². The lowest BCUT2D eigenvalue weighted by Gasteiger charge is -2.34.